The lowest BCUT2D eigenvalue weighted by atomic mass is 10.3. The van der Waals surface area contributed by atoms with Crippen molar-refractivity contribution in [1.82, 2.24) is 14.2 Å². The van der Waals surface area contributed by atoms with E-state index >= 15 is 0 Å². The Labute approximate surface area is 165 Å². The monoisotopic (exact) mass is 435 g/mol. The van der Waals surface area contributed by atoms with Crippen molar-refractivity contribution in [3.8, 4) is 0 Å². The molecule has 0 bridgehead atoms. The van der Waals surface area contributed by atoms with Crippen molar-refractivity contribution in [1.29, 1.82) is 0 Å². The number of carbonyl (C=O) groups excluding carboxylic acids is 1. The van der Waals surface area contributed by atoms with Gasteiger partial charge in [0.15, 0.2) is 0 Å². The molecule has 2 aromatic rings. The molecule has 0 unspecified atom stereocenters. The number of rotatable bonds is 5. The predicted molar refractivity (Wildman–Crippen MR) is 101 cm³/mol. The Hall–Kier alpha value is -1.07. The zero-order valence-corrected chi connectivity index (χ0v) is 17.5. The molecule has 0 radical (unpaired) electrons. The first-order chi connectivity index (χ1) is 12.3. The zero-order valence-electron chi connectivity index (χ0n) is 14.3. The molecule has 3 heterocycles. The molecule has 0 saturated carbocycles. The quantitative estimate of drug-likeness (QED) is 0.671. The van der Waals surface area contributed by atoms with Crippen LogP contribution in [0.3, 0.4) is 0 Å². The average Bonchev–Trinajstić information content (AvgIpc) is 3.19. The summed E-state index contributed by atoms with van der Waals surface area (Å²) in [4.78, 5) is 18.3. The van der Waals surface area contributed by atoms with Crippen LogP contribution in [0.25, 0.3) is 0 Å². The summed E-state index contributed by atoms with van der Waals surface area (Å²) in [6.07, 6.45) is 0. The van der Waals surface area contributed by atoms with Crippen LogP contribution in [-0.2, 0) is 14.8 Å². The molecule has 0 atom stereocenters. The Morgan fingerprint density at radius 3 is 2.54 bits per heavy atom. The minimum atomic E-state index is -3.55. The molecule has 26 heavy (non-hydrogen) atoms. The Kier molecular flexibility index (Phi) is 5.97. The molecule has 1 fully saturated rings. The summed E-state index contributed by atoms with van der Waals surface area (Å²) in [7, 11) is -3.55. The van der Waals surface area contributed by atoms with Gasteiger partial charge in [-0.05, 0) is 26.0 Å². The molecule has 1 amide bonds. The highest BCUT2D eigenvalue weighted by Crippen LogP contribution is 2.28. The fourth-order valence-corrected chi connectivity index (χ4v) is 6.34. The van der Waals surface area contributed by atoms with Crippen LogP contribution in [0.1, 0.15) is 11.5 Å². The number of hydrogen-bond donors (Lipinski definition) is 0. The Balaban J connectivity index is 1.53. The lowest BCUT2D eigenvalue weighted by Gasteiger charge is -2.33. The standard InChI is InChI=1S/C15H18ClN3O4S3/c1-10-11(2)23-15(17-10)24-9-13(20)18-5-7-19(8-6-18)26(21,22)14-4-3-12(16)25-14/h3-4H,5-9H2,1-2H3. The number of piperazine rings is 1. The maximum absolute atomic E-state index is 12.6. The van der Waals surface area contributed by atoms with Gasteiger partial charge in [0.1, 0.15) is 9.97 Å². The van der Waals surface area contributed by atoms with E-state index in [9.17, 15) is 13.2 Å². The maximum atomic E-state index is 12.6. The third-order valence-electron chi connectivity index (χ3n) is 4.06. The fourth-order valence-electron chi connectivity index (χ4n) is 2.46. The van der Waals surface area contributed by atoms with Gasteiger partial charge < -0.3 is 9.32 Å². The molecule has 1 saturated heterocycles. The SMILES string of the molecule is Cc1nc(SCC(=O)N2CCN(S(=O)(=O)c3ccc(Cl)s3)CC2)oc1C. The first-order valence-corrected chi connectivity index (χ1v) is 11.5. The smallest absolute Gasteiger partial charge is 0.256 e. The maximum Gasteiger partial charge on any atom is 0.256 e. The van der Waals surface area contributed by atoms with E-state index in [1.54, 1.807) is 11.0 Å². The Bertz CT molecular complexity index is 882. The van der Waals surface area contributed by atoms with E-state index in [1.165, 1.54) is 22.1 Å². The van der Waals surface area contributed by atoms with Crippen LogP contribution in [0.2, 0.25) is 4.34 Å². The van der Waals surface area contributed by atoms with Crippen LogP contribution in [0.4, 0.5) is 0 Å². The van der Waals surface area contributed by atoms with Gasteiger partial charge in [-0.25, -0.2) is 13.4 Å². The molecule has 0 spiro atoms. The third kappa shape index (κ3) is 4.25. The summed E-state index contributed by atoms with van der Waals surface area (Å²) in [6, 6.07) is 3.08. The molecule has 7 nitrogen and oxygen atoms in total. The lowest BCUT2D eigenvalue weighted by Crippen LogP contribution is -2.50. The van der Waals surface area contributed by atoms with E-state index in [2.05, 4.69) is 4.98 Å². The summed E-state index contributed by atoms with van der Waals surface area (Å²) in [6.45, 7) is 4.94. The van der Waals surface area contributed by atoms with Crippen LogP contribution in [-0.4, -0.2) is 60.4 Å². The van der Waals surface area contributed by atoms with Crippen molar-refractivity contribution >= 4 is 50.6 Å². The second-order valence-electron chi connectivity index (χ2n) is 5.75. The molecular formula is C15H18ClN3O4S3. The first kappa shape index (κ1) is 19.7. The van der Waals surface area contributed by atoms with Crippen molar-refractivity contribution in [2.75, 3.05) is 31.9 Å². The molecule has 142 valence electrons. The predicted octanol–water partition coefficient (Wildman–Crippen LogP) is 2.63. The van der Waals surface area contributed by atoms with Crippen LogP contribution >= 0.6 is 34.7 Å². The minimum Gasteiger partial charge on any atom is -0.437 e. The van der Waals surface area contributed by atoms with E-state index in [0.29, 0.717) is 22.6 Å². The van der Waals surface area contributed by atoms with E-state index in [1.807, 2.05) is 13.8 Å². The van der Waals surface area contributed by atoms with E-state index in [-0.39, 0.29) is 29.0 Å². The molecule has 1 aliphatic heterocycles. The molecular weight excluding hydrogens is 418 g/mol. The van der Waals surface area contributed by atoms with Gasteiger partial charge in [-0.3, -0.25) is 4.79 Å². The van der Waals surface area contributed by atoms with E-state index < -0.39 is 10.0 Å². The van der Waals surface area contributed by atoms with Gasteiger partial charge in [-0.2, -0.15) is 4.31 Å². The number of aromatic nitrogens is 1. The van der Waals surface area contributed by atoms with E-state index in [0.717, 1.165) is 22.8 Å². The second kappa shape index (κ2) is 7.89. The van der Waals surface area contributed by atoms with Crippen molar-refractivity contribution < 1.29 is 17.6 Å². The molecule has 11 heteroatoms. The van der Waals surface area contributed by atoms with Crippen LogP contribution in [0.5, 0.6) is 0 Å². The van der Waals surface area contributed by atoms with Gasteiger partial charge in [0.25, 0.3) is 15.2 Å². The largest absolute Gasteiger partial charge is 0.437 e. The lowest BCUT2D eigenvalue weighted by molar-refractivity contribution is -0.129. The number of thioether (sulfide) groups is 1. The zero-order chi connectivity index (χ0) is 18.9. The molecule has 0 aromatic carbocycles. The number of amides is 1. The third-order valence-corrected chi connectivity index (χ3v) is 8.47. The Morgan fingerprint density at radius 1 is 1.31 bits per heavy atom. The highest BCUT2D eigenvalue weighted by atomic mass is 35.5. The number of carbonyl (C=O) groups is 1. The summed E-state index contributed by atoms with van der Waals surface area (Å²) in [5, 5.41) is 0.476. The summed E-state index contributed by atoms with van der Waals surface area (Å²) >= 11 is 8.12. The average molecular weight is 436 g/mol. The number of hydrogen-bond acceptors (Lipinski definition) is 7. The van der Waals surface area contributed by atoms with Gasteiger partial charge in [-0.1, -0.05) is 23.4 Å². The number of aryl methyl sites for hydroxylation is 2. The molecule has 3 rings (SSSR count). The van der Waals surface area contributed by atoms with Crippen LogP contribution in [0.15, 0.2) is 26.0 Å². The number of thiophene rings is 1. The highest BCUT2D eigenvalue weighted by Gasteiger charge is 2.31. The molecule has 2 aromatic heterocycles. The number of sulfonamides is 1. The van der Waals surface area contributed by atoms with Crippen LogP contribution < -0.4 is 0 Å². The van der Waals surface area contributed by atoms with Crippen molar-refractivity contribution in [3.05, 3.63) is 27.9 Å². The number of nitrogens with zero attached hydrogens (tertiary/aromatic N) is 3. The van der Waals surface area contributed by atoms with Crippen molar-refractivity contribution in [3.63, 3.8) is 0 Å². The highest BCUT2D eigenvalue weighted by molar-refractivity contribution is 7.99. The van der Waals surface area contributed by atoms with Crippen molar-refractivity contribution in [2.24, 2.45) is 0 Å². The fraction of sp³-hybridized carbons (Fsp3) is 0.467. The molecule has 0 aliphatic carbocycles. The number of halogens is 1. The molecule has 1 aliphatic rings. The van der Waals surface area contributed by atoms with Gasteiger partial charge in [0.2, 0.25) is 5.91 Å². The first-order valence-electron chi connectivity index (χ1n) is 7.87. The van der Waals surface area contributed by atoms with Gasteiger partial charge >= 0.3 is 0 Å². The van der Waals surface area contributed by atoms with Gasteiger partial charge in [0.05, 0.1) is 15.8 Å². The number of oxazole rings is 1. The van der Waals surface area contributed by atoms with Gasteiger partial charge in [-0.15, -0.1) is 11.3 Å². The minimum absolute atomic E-state index is 0.0558. The Morgan fingerprint density at radius 2 is 2.00 bits per heavy atom. The normalized spacial score (nSPS) is 16.2. The topological polar surface area (TPSA) is 83.7 Å². The molecule has 0 N–H and O–H groups in total. The summed E-state index contributed by atoms with van der Waals surface area (Å²) in [5.41, 5.74) is 0.812. The van der Waals surface area contributed by atoms with Gasteiger partial charge in [0, 0.05) is 26.2 Å². The van der Waals surface area contributed by atoms with Crippen molar-refractivity contribution in [2.45, 2.75) is 23.3 Å². The summed E-state index contributed by atoms with van der Waals surface area (Å²) < 4.78 is 32.7. The van der Waals surface area contributed by atoms with Crippen LogP contribution in [0, 0.1) is 13.8 Å². The second-order valence-corrected chi connectivity index (χ2v) is 10.6. The van der Waals surface area contributed by atoms with E-state index in [4.69, 9.17) is 16.0 Å². The summed E-state index contributed by atoms with van der Waals surface area (Å²) in [5.74, 6) is 0.902.